The van der Waals surface area contributed by atoms with Crippen LogP contribution in [0.25, 0.3) is 10.9 Å². The molecule has 0 spiro atoms. The van der Waals surface area contributed by atoms with Gasteiger partial charge in [0.1, 0.15) is 11.6 Å². The third-order valence-corrected chi connectivity index (χ3v) is 3.05. The monoisotopic (exact) mass is 288 g/mol. The summed E-state index contributed by atoms with van der Waals surface area (Å²) in [5.74, 6) is 0.585. The number of rotatable bonds is 2. The topological polar surface area (TPSA) is 35.0 Å². The molecular weight excluding hydrogens is 279 g/mol. The van der Waals surface area contributed by atoms with Gasteiger partial charge in [-0.1, -0.05) is 12.1 Å². The number of fused-ring (bicyclic) bond motifs is 1. The summed E-state index contributed by atoms with van der Waals surface area (Å²) in [7, 11) is 0. The van der Waals surface area contributed by atoms with Crippen LogP contribution in [0.3, 0.4) is 0 Å². The van der Waals surface area contributed by atoms with Crippen molar-refractivity contribution in [3.63, 3.8) is 0 Å². The molecule has 0 amide bonds. The van der Waals surface area contributed by atoms with Gasteiger partial charge in [0.05, 0.1) is 10.9 Å². The zero-order valence-corrected chi connectivity index (χ0v) is 11.4. The average molecular weight is 289 g/mol. The summed E-state index contributed by atoms with van der Waals surface area (Å²) in [5.41, 5.74) is 1.38. The summed E-state index contributed by atoms with van der Waals surface area (Å²) in [6, 6.07) is 11.7. The second kappa shape index (κ2) is 5.06. The van der Waals surface area contributed by atoms with Crippen molar-refractivity contribution >= 4 is 22.5 Å². The minimum absolute atomic E-state index is 0.110. The van der Waals surface area contributed by atoms with Crippen molar-refractivity contribution in [1.29, 1.82) is 0 Å². The average Bonchev–Trinajstić information content (AvgIpc) is 2.41. The van der Waals surface area contributed by atoms with Crippen molar-refractivity contribution in [3.8, 4) is 11.6 Å². The fraction of sp³-hybridized carbons (Fsp3) is 0.0667. The lowest BCUT2D eigenvalue weighted by molar-refractivity contribution is 0.463. The third kappa shape index (κ3) is 2.42. The van der Waals surface area contributed by atoms with E-state index in [9.17, 15) is 4.39 Å². The van der Waals surface area contributed by atoms with Gasteiger partial charge in [0.2, 0.25) is 11.2 Å². The number of para-hydroxylation sites is 1. The smallest absolute Gasteiger partial charge is 0.231 e. The second-order valence-corrected chi connectivity index (χ2v) is 4.66. The highest BCUT2D eigenvalue weighted by Crippen LogP contribution is 2.30. The fourth-order valence-electron chi connectivity index (χ4n) is 1.93. The van der Waals surface area contributed by atoms with Crippen molar-refractivity contribution < 1.29 is 9.13 Å². The van der Waals surface area contributed by atoms with E-state index in [-0.39, 0.29) is 11.1 Å². The zero-order chi connectivity index (χ0) is 14.1. The molecule has 0 unspecified atom stereocenters. The van der Waals surface area contributed by atoms with Crippen LogP contribution < -0.4 is 4.74 Å². The Bertz CT molecular complexity index is 792. The lowest BCUT2D eigenvalue weighted by Gasteiger charge is -2.10. The molecule has 1 heterocycles. The zero-order valence-electron chi connectivity index (χ0n) is 10.6. The van der Waals surface area contributed by atoms with E-state index < -0.39 is 0 Å². The quantitative estimate of drug-likeness (QED) is 0.650. The Morgan fingerprint density at radius 2 is 1.90 bits per heavy atom. The van der Waals surface area contributed by atoms with Gasteiger partial charge in [0.25, 0.3) is 0 Å². The Morgan fingerprint density at radius 1 is 1.10 bits per heavy atom. The molecule has 2 aromatic carbocycles. The van der Waals surface area contributed by atoms with Crippen LogP contribution in [0.5, 0.6) is 11.6 Å². The Kier molecular flexibility index (Phi) is 3.24. The van der Waals surface area contributed by atoms with Crippen LogP contribution in [0.1, 0.15) is 5.56 Å². The summed E-state index contributed by atoms with van der Waals surface area (Å²) in [6.07, 6.45) is 0. The number of halogens is 2. The van der Waals surface area contributed by atoms with Crippen molar-refractivity contribution in [1.82, 2.24) is 9.97 Å². The number of aryl methyl sites for hydroxylation is 1. The maximum absolute atomic E-state index is 13.1. The molecule has 20 heavy (non-hydrogen) atoms. The fourth-order valence-corrected chi connectivity index (χ4v) is 2.10. The SMILES string of the molecule is Cc1cc(F)ccc1Oc1nc(Cl)nc2ccccc12. The van der Waals surface area contributed by atoms with Crippen LogP contribution in [0, 0.1) is 12.7 Å². The predicted molar refractivity (Wildman–Crippen MR) is 75.8 cm³/mol. The van der Waals surface area contributed by atoms with Crippen molar-refractivity contribution in [2.45, 2.75) is 6.92 Å². The maximum Gasteiger partial charge on any atom is 0.231 e. The first-order chi connectivity index (χ1) is 9.63. The Balaban J connectivity index is 2.10. The van der Waals surface area contributed by atoms with Crippen molar-refractivity contribution in [2.24, 2.45) is 0 Å². The number of nitrogens with zero attached hydrogens (tertiary/aromatic N) is 2. The highest BCUT2D eigenvalue weighted by atomic mass is 35.5. The number of benzene rings is 2. The summed E-state index contributed by atoms with van der Waals surface area (Å²) >= 11 is 5.89. The van der Waals surface area contributed by atoms with Gasteiger partial charge in [0, 0.05) is 0 Å². The van der Waals surface area contributed by atoms with E-state index in [0.717, 1.165) is 5.39 Å². The van der Waals surface area contributed by atoms with Gasteiger partial charge in [-0.05, 0) is 54.4 Å². The molecule has 0 saturated carbocycles. The van der Waals surface area contributed by atoms with Gasteiger partial charge < -0.3 is 4.74 Å². The molecule has 0 aliphatic carbocycles. The van der Waals surface area contributed by atoms with Gasteiger partial charge in [-0.3, -0.25) is 0 Å². The largest absolute Gasteiger partial charge is 0.438 e. The Labute approximate surface area is 120 Å². The van der Waals surface area contributed by atoms with E-state index in [1.165, 1.54) is 12.1 Å². The van der Waals surface area contributed by atoms with E-state index in [1.54, 1.807) is 13.0 Å². The normalized spacial score (nSPS) is 10.8. The molecule has 0 bridgehead atoms. The van der Waals surface area contributed by atoms with Crippen LogP contribution in [-0.2, 0) is 0 Å². The lowest BCUT2D eigenvalue weighted by atomic mass is 10.2. The van der Waals surface area contributed by atoms with Gasteiger partial charge in [-0.15, -0.1) is 0 Å². The molecule has 0 N–H and O–H groups in total. The molecule has 0 radical (unpaired) electrons. The highest BCUT2D eigenvalue weighted by molar-refractivity contribution is 6.28. The minimum atomic E-state index is -0.305. The number of aromatic nitrogens is 2. The molecule has 1 aromatic heterocycles. The predicted octanol–water partition coefficient (Wildman–Crippen LogP) is 4.52. The third-order valence-electron chi connectivity index (χ3n) is 2.88. The van der Waals surface area contributed by atoms with Crippen LogP contribution in [0.2, 0.25) is 5.28 Å². The molecule has 0 saturated heterocycles. The summed E-state index contributed by atoms with van der Waals surface area (Å²) in [4.78, 5) is 8.23. The maximum atomic E-state index is 13.1. The standard InChI is InChI=1S/C15H10ClFN2O/c1-9-8-10(17)6-7-13(9)20-14-11-4-2-3-5-12(11)18-15(16)19-14/h2-8H,1H3. The lowest BCUT2D eigenvalue weighted by Crippen LogP contribution is -1.94. The highest BCUT2D eigenvalue weighted by Gasteiger charge is 2.10. The molecular formula is C15H10ClFN2O. The van der Waals surface area contributed by atoms with E-state index >= 15 is 0 Å². The van der Waals surface area contributed by atoms with Crippen molar-refractivity contribution in [2.75, 3.05) is 0 Å². The molecule has 3 nitrogen and oxygen atoms in total. The van der Waals surface area contributed by atoms with Gasteiger partial charge >= 0.3 is 0 Å². The number of hydrogen-bond donors (Lipinski definition) is 0. The molecule has 0 aliphatic rings. The number of hydrogen-bond acceptors (Lipinski definition) is 3. The first kappa shape index (κ1) is 12.8. The number of ether oxygens (including phenoxy) is 1. The van der Waals surface area contributed by atoms with Gasteiger partial charge in [0.15, 0.2) is 0 Å². The van der Waals surface area contributed by atoms with E-state index in [1.807, 2.05) is 24.3 Å². The second-order valence-electron chi connectivity index (χ2n) is 4.33. The first-order valence-electron chi connectivity index (χ1n) is 6.00. The molecule has 0 atom stereocenters. The summed E-state index contributed by atoms with van der Waals surface area (Å²) in [5, 5.41) is 0.860. The van der Waals surface area contributed by atoms with Crippen LogP contribution in [0.15, 0.2) is 42.5 Å². The van der Waals surface area contributed by atoms with Gasteiger partial charge in [-0.2, -0.15) is 4.98 Å². The molecule has 5 heteroatoms. The Morgan fingerprint density at radius 3 is 2.70 bits per heavy atom. The van der Waals surface area contributed by atoms with E-state index in [4.69, 9.17) is 16.3 Å². The molecule has 0 fully saturated rings. The first-order valence-corrected chi connectivity index (χ1v) is 6.37. The summed E-state index contributed by atoms with van der Waals surface area (Å²) < 4.78 is 18.9. The van der Waals surface area contributed by atoms with Crippen LogP contribution in [0.4, 0.5) is 4.39 Å². The molecule has 100 valence electrons. The van der Waals surface area contributed by atoms with Crippen molar-refractivity contribution in [3.05, 3.63) is 59.1 Å². The van der Waals surface area contributed by atoms with E-state index in [0.29, 0.717) is 22.7 Å². The van der Waals surface area contributed by atoms with Crippen LogP contribution in [-0.4, -0.2) is 9.97 Å². The molecule has 3 aromatic rings. The van der Waals surface area contributed by atoms with Crippen LogP contribution >= 0.6 is 11.6 Å². The van der Waals surface area contributed by atoms with Gasteiger partial charge in [-0.25, -0.2) is 9.37 Å². The van der Waals surface area contributed by atoms with E-state index in [2.05, 4.69) is 9.97 Å². The molecule has 3 rings (SSSR count). The Hall–Kier alpha value is -2.20. The minimum Gasteiger partial charge on any atom is -0.438 e. The summed E-state index contributed by atoms with van der Waals surface area (Å²) in [6.45, 7) is 1.77. The molecule has 0 aliphatic heterocycles.